The van der Waals surface area contributed by atoms with Crippen molar-refractivity contribution < 1.29 is 22.1 Å². The average molecular weight is 331 g/mol. The Morgan fingerprint density at radius 1 is 1.50 bits per heavy atom. The van der Waals surface area contributed by atoms with Gasteiger partial charge in [-0.3, -0.25) is 0 Å². The van der Waals surface area contributed by atoms with Crippen molar-refractivity contribution in [3.63, 3.8) is 0 Å². The summed E-state index contributed by atoms with van der Waals surface area (Å²) in [7, 11) is 0.823. The van der Waals surface area contributed by atoms with E-state index in [0.29, 0.717) is 4.90 Å². The first kappa shape index (κ1) is 15.6. The van der Waals surface area contributed by atoms with Crippen LogP contribution in [0.3, 0.4) is 0 Å². The van der Waals surface area contributed by atoms with Crippen molar-refractivity contribution in [1.29, 1.82) is 0 Å². The summed E-state index contributed by atoms with van der Waals surface area (Å²) in [5, 5.41) is 1.61. The molecule has 1 aromatic rings. The largest absolute Gasteiger partial charge is 0.459 e. The number of hydrogen-bond acceptors (Lipinski definition) is 7. The number of esters is 1. The lowest BCUT2D eigenvalue weighted by Crippen LogP contribution is -2.12. The van der Waals surface area contributed by atoms with Gasteiger partial charge >= 0.3 is 15.3 Å². The lowest BCUT2D eigenvalue weighted by atomic mass is 10.4. The Hall–Kier alpha value is -0.440. The van der Waals surface area contributed by atoms with Crippen LogP contribution in [0.2, 0.25) is 0 Å². The molecule has 0 unspecified atom stereocenters. The molecule has 1 heterocycles. The van der Waals surface area contributed by atoms with Crippen molar-refractivity contribution in [2.24, 2.45) is 0 Å². The Bertz CT molecular complexity index is 534. The van der Waals surface area contributed by atoms with E-state index < -0.39 is 15.3 Å². The second-order valence-electron chi connectivity index (χ2n) is 3.39. The average Bonchev–Trinajstić information content (AvgIpc) is 2.57. The zero-order valence-electron chi connectivity index (χ0n) is 9.80. The summed E-state index contributed by atoms with van der Waals surface area (Å²) in [5.74, 6) is -0.709. The summed E-state index contributed by atoms with van der Waals surface area (Å²) >= 11 is 2.30. The van der Waals surface area contributed by atoms with Crippen LogP contribution < -0.4 is 4.18 Å². The molecule has 0 spiro atoms. The van der Waals surface area contributed by atoms with Crippen molar-refractivity contribution in [3.8, 4) is 5.75 Å². The standard InChI is InChI=1S/C9H11ClO5S3/c1-5(2)14-9(11)8-7(15-18(10,12)13)6(16-3)4-17-8/h4-5H,1-3H3. The van der Waals surface area contributed by atoms with E-state index in [4.69, 9.17) is 15.4 Å². The maximum absolute atomic E-state index is 11.8. The molecular weight excluding hydrogens is 320 g/mol. The minimum atomic E-state index is -4.21. The Balaban J connectivity index is 3.13. The predicted octanol–water partition coefficient (Wildman–Crippen LogP) is 2.90. The van der Waals surface area contributed by atoms with Gasteiger partial charge in [-0.15, -0.1) is 23.1 Å². The molecule has 9 heteroatoms. The first-order chi connectivity index (χ1) is 8.24. The highest BCUT2D eigenvalue weighted by molar-refractivity contribution is 8.10. The van der Waals surface area contributed by atoms with Crippen LogP contribution in [0.5, 0.6) is 5.75 Å². The van der Waals surface area contributed by atoms with Gasteiger partial charge in [0.2, 0.25) is 0 Å². The quantitative estimate of drug-likeness (QED) is 0.469. The number of thioether (sulfide) groups is 1. The van der Waals surface area contributed by atoms with Crippen molar-refractivity contribution in [2.75, 3.05) is 6.26 Å². The summed E-state index contributed by atoms with van der Waals surface area (Å²) in [6.07, 6.45) is 1.42. The number of hydrogen-bond donors (Lipinski definition) is 0. The van der Waals surface area contributed by atoms with Crippen molar-refractivity contribution in [3.05, 3.63) is 10.3 Å². The zero-order chi connectivity index (χ0) is 13.9. The monoisotopic (exact) mass is 330 g/mol. The SMILES string of the molecule is CSc1csc(C(=O)OC(C)C)c1OS(=O)(=O)Cl. The molecule has 0 radical (unpaired) electrons. The summed E-state index contributed by atoms with van der Waals surface area (Å²) in [6.45, 7) is 3.39. The molecule has 0 aliphatic rings. The van der Waals surface area contributed by atoms with Gasteiger partial charge in [0.15, 0.2) is 10.6 Å². The lowest BCUT2D eigenvalue weighted by Gasteiger charge is -2.08. The summed E-state index contributed by atoms with van der Waals surface area (Å²) in [4.78, 5) is 12.3. The normalized spacial score (nSPS) is 11.6. The first-order valence-corrected chi connectivity index (χ1v) is 9.09. The maximum Gasteiger partial charge on any atom is 0.401 e. The van der Waals surface area contributed by atoms with Crippen LogP contribution in [0, 0.1) is 0 Å². The van der Waals surface area contributed by atoms with Gasteiger partial charge in [-0.2, -0.15) is 8.42 Å². The molecule has 1 aromatic heterocycles. The molecule has 5 nitrogen and oxygen atoms in total. The topological polar surface area (TPSA) is 69.7 Å². The van der Waals surface area contributed by atoms with Crippen molar-refractivity contribution >= 4 is 49.1 Å². The van der Waals surface area contributed by atoms with E-state index >= 15 is 0 Å². The molecule has 0 N–H and O–H groups in total. The molecule has 0 amide bonds. The van der Waals surface area contributed by atoms with E-state index in [1.54, 1.807) is 25.5 Å². The Labute approximate surface area is 118 Å². The summed E-state index contributed by atoms with van der Waals surface area (Å²) in [5.41, 5.74) is 0. The molecule has 0 bridgehead atoms. The molecule has 0 aliphatic carbocycles. The van der Waals surface area contributed by atoms with Crippen molar-refractivity contribution in [1.82, 2.24) is 0 Å². The van der Waals surface area contributed by atoms with Gasteiger partial charge in [-0.25, -0.2) is 4.79 Å². The van der Waals surface area contributed by atoms with Crippen LogP contribution >= 0.6 is 33.8 Å². The minimum Gasteiger partial charge on any atom is -0.459 e. The molecule has 0 aromatic carbocycles. The second kappa shape index (κ2) is 6.14. The summed E-state index contributed by atoms with van der Waals surface area (Å²) in [6, 6.07) is 0. The van der Waals surface area contributed by atoms with Crippen LogP contribution in [0.4, 0.5) is 0 Å². The fraction of sp³-hybridized carbons (Fsp3) is 0.444. The van der Waals surface area contributed by atoms with E-state index in [-0.39, 0.29) is 16.7 Å². The fourth-order valence-electron chi connectivity index (χ4n) is 1.06. The van der Waals surface area contributed by atoms with Crippen LogP contribution in [0.25, 0.3) is 0 Å². The molecule has 0 fully saturated rings. The Kier molecular flexibility index (Phi) is 5.32. The van der Waals surface area contributed by atoms with E-state index in [1.807, 2.05) is 0 Å². The van der Waals surface area contributed by atoms with Gasteiger partial charge in [0.1, 0.15) is 0 Å². The first-order valence-electron chi connectivity index (χ1n) is 4.75. The lowest BCUT2D eigenvalue weighted by molar-refractivity contribution is 0.0382. The summed E-state index contributed by atoms with van der Waals surface area (Å²) < 4.78 is 31.5. The number of rotatable bonds is 5. The molecule has 0 saturated carbocycles. The molecular formula is C9H11ClO5S3. The Morgan fingerprint density at radius 2 is 2.11 bits per heavy atom. The minimum absolute atomic E-state index is 0.0758. The van der Waals surface area contributed by atoms with E-state index in [2.05, 4.69) is 4.18 Å². The van der Waals surface area contributed by atoms with Gasteiger partial charge in [0.25, 0.3) is 0 Å². The van der Waals surface area contributed by atoms with Gasteiger partial charge < -0.3 is 8.92 Å². The smallest absolute Gasteiger partial charge is 0.401 e. The molecule has 18 heavy (non-hydrogen) atoms. The molecule has 0 atom stereocenters. The molecule has 0 saturated heterocycles. The van der Waals surface area contributed by atoms with Gasteiger partial charge in [0.05, 0.1) is 21.7 Å². The van der Waals surface area contributed by atoms with Crippen LogP contribution in [-0.4, -0.2) is 26.7 Å². The fourth-order valence-corrected chi connectivity index (χ4v) is 3.38. The number of carbonyl (C=O) groups excluding carboxylic acids is 1. The third-order valence-corrected chi connectivity index (χ3v) is 4.03. The third-order valence-electron chi connectivity index (χ3n) is 1.64. The van der Waals surface area contributed by atoms with Crippen molar-refractivity contribution in [2.45, 2.75) is 24.8 Å². The molecule has 1 rings (SSSR count). The second-order valence-corrected chi connectivity index (χ2v) is 7.21. The van der Waals surface area contributed by atoms with Crippen LogP contribution in [-0.2, 0) is 14.1 Å². The third kappa shape index (κ3) is 4.34. The zero-order valence-corrected chi connectivity index (χ0v) is 13.0. The highest BCUT2D eigenvalue weighted by atomic mass is 35.7. The van der Waals surface area contributed by atoms with Gasteiger partial charge in [-0.05, 0) is 20.1 Å². The van der Waals surface area contributed by atoms with E-state index in [0.717, 1.165) is 11.3 Å². The predicted molar refractivity (Wildman–Crippen MR) is 72.1 cm³/mol. The molecule has 102 valence electrons. The highest BCUT2D eigenvalue weighted by Gasteiger charge is 2.25. The highest BCUT2D eigenvalue weighted by Crippen LogP contribution is 2.38. The van der Waals surface area contributed by atoms with Gasteiger partial charge in [0, 0.05) is 5.38 Å². The van der Waals surface area contributed by atoms with Crippen LogP contribution in [0.15, 0.2) is 10.3 Å². The molecule has 0 aliphatic heterocycles. The van der Waals surface area contributed by atoms with E-state index in [1.165, 1.54) is 11.8 Å². The number of halogens is 1. The number of thiophene rings is 1. The van der Waals surface area contributed by atoms with E-state index in [9.17, 15) is 13.2 Å². The number of ether oxygens (including phenoxy) is 1. The van der Waals surface area contributed by atoms with Gasteiger partial charge in [-0.1, -0.05) is 0 Å². The Morgan fingerprint density at radius 3 is 2.56 bits per heavy atom. The van der Waals surface area contributed by atoms with Crippen LogP contribution in [0.1, 0.15) is 23.5 Å². The maximum atomic E-state index is 11.8. The number of carbonyl (C=O) groups is 1.